The van der Waals surface area contributed by atoms with E-state index in [0.717, 1.165) is 9.48 Å². The number of hydrazine groups is 1. The van der Waals surface area contributed by atoms with Gasteiger partial charge < -0.3 is 9.52 Å². The van der Waals surface area contributed by atoms with Gasteiger partial charge in [0.05, 0.1) is 11.3 Å². The second-order valence-corrected chi connectivity index (χ2v) is 7.08. The molecule has 29 heavy (non-hydrogen) atoms. The third-order valence-corrected chi connectivity index (χ3v) is 4.84. The number of nitrogens with zero attached hydrogens (tertiary/aromatic N) is 1. The van der Waals surface area contributed by atoms with Crippen LogP contribution in [-0.2, 0) is 9.59 Å². The maximum absolute atomic E-state index is 12.7. The molecular weight excluding hydrogens is 440 g/mol. The molecular formula is C21H13BrN2O5. The predicted molar refractivity (Wildman–Crippen MR) is 109 cm³/mol. The second kappa shape index (κ2) is 7.40. The molecule has 8 heteroatoms. The molecule has 0 aliphatic carbocycles. The van der Waals surface area contributed by atoms with E-state index in [4.69, 9.17) is 4.42 Å². The molecule has 1 saturated heterocycles. The number of hydrogen-bond acceptors (Lipinski definition) is 4. The molecule has 0 bridgehead atoms. The lowest BCUT2D eigenvalue weighted by Crippen LogP contribution is -2.35. The standard InChI is InChI=1S/C21H13BrN2O5/c22-12-5-7-13(8-6-12)24-20(26)17(19(25)23-24)11-14-9-10-18(29-14)15-3-1-2-4-16(15)21(27)28/h1-11H,(H,23,25)(H,27,28)/b17-11+. The van der Waals surface area contributed by atoms with Crippen LogP contribution < -0.4 is 10.4 Å². The van der Waals surface area contributed by atoms with Crippen LogP contribution in [0.1, 0.15) is 16.1 Å². The van der Waals surface area contributed by atoms with E-state index < -0.39 is 17.8 Å². The van der Waals surface area contributed by atoms with Crippen LogP contribution in [0.2, 0.25) is 0 Å². The monoisotopic (exact) mass is 452 g/mol. The first-order valence-electron chi connectivity index (χ1n) is 8.49. The Labute approximate surface area is 173 Å². The quantitative estimate of drug-likeness (QED) is 0.462. The highest BCUT2D eigenvalue weighted by Crippen LogP contribution is 2.28. The Morgan fingerprint density at radius 3 is 2.48 bits per heavy atom. The Bertz CT molecular complexity index is 1160. The predicted octanol–water partition coefficient (Wildman–Crippen LogP) is 3.87. The Morgan fingerprint density at radius 2 is 1.76 bits per heavy atom. The van der Waals surface area contributed by atoms with E-state index in [1.165, 1.54) is 12.1 Å². The average Bonchev–Trinajstić information content (AvgIpc) is 3.29. The van der Waals surface area contributed by atoms with E-state index >= 15 is 0 Å². The van der Waals surface area contributed by atoms with Crippen molar-refractivity contribution < 1.29 is 23.9 Å². The summed E-state index contributed by atoms with van der Waals surface area (Å²) < 4.78 is 6.53. The third kappa shape index (κ3) is 3.57. The normalized spacial score (nSPS) is 15.1. The van der Waals surface area contributed by atoms with Crippen molar-refractivity contribution in [3.8, 4) is 11.3 Å². The molecule has 2 N–H and O–H groups in total. The summed E-state index contributed by atoms with van der Waals surface area (Å²) in [5.74, 6) is -1.56. The lowest BCUT2D eigenvalue weighted by atomic mass is 10.1. The molecule has 4 rings (SSSR count). The molecule has 1 aromatic heterocycles. The first kappa shape index (κ1) is 18.7. The fraction of sp³-hybridized carbons (Fsp3) is 0. The summed E-state index contributed by atoms with van der Waals surface area (Å²) in [6, 6.07) is 16.5. The molecule has 3 aromatic rings. The molecule has 144 valence electrons. The Hall–Kier alpha value is -3.65. The maximum atomic E-state index is 12.7. The van der Waals surface area contributed by atoms with Crippen molar-refractivity contribution in [1.82, 2.24) is 5.43 Å². The number of carbonyl (C=O) groups excluding carboxylic acids is 2. The van der Waals surface area contributed by atoms with Gasteiger partial charge in [0.25, 0.3) is 11.8 Å². The van der Waals surface area contributed by atoms with Gasteiger partial charge in [-0.15, -0.1) is 0 Å². The van der Waals surface area contributed by atoms with E-state index in [0.29, 0.717) is 17.0 Å². The van der Waals surface area contributed by atoms with Crippen molar-refractivity contribution in [3.05, 3.63) is 82.0 Å². The van der Waals surface area contributed by atoms with Gasteiger partial charge >= 0.3 is 5.97 Å². The number of furan rings is 1. The van der Waals surface area contributed by atoms with Gasteiger partial charge in [-0.25, -0.2) is 9.80 Å². The number of halogens is 1. The first-order valence-corrected chi connectivity index (χ1v) is 9.28. The first-order chi connectivity index (χ1) is 13.9. The summed E-state index contributed by atoms with van der Waals surface area (Å²) in [4.78, 5) is 36.4. The fourth-order valence-electron chi connectivity index (χ4n) is 2.93. The van der Waals surface area contributed by atoms with Crippen LogP contribution >= 0.6 is 15.9 Å². The van der Waals surface area contributed by atoms with Gasteiger partial charge in [-0.05, 0) is 48.5 Å². The van der Waals surface area contributed by atoms with Crippen molar-refractivity contribution in [1.29, 1.82) is 0 Å². The number of carbonyl (C=O) groups is 3. The van der Waals surface area contributed by atoms with Crippen molar-refractivity contribution in [2.24, 2.45) is 0 Å². The number of benzene rings is 2. The van der Waals surface area contributed by atoms with Gasteiger partial charge in [-0.3, -0.25) is 15.0 Å². The van der Waals surface area contributed by atoms with Gasteiger partial charge in [0.2, 0.25) is 0 Å². The van der Waals surface area contributed by atoms with Crippen LogP contribution in [0.4, 0.5) is 5.69 Å². The lowest BCUT2D eigenvalue weighted by Gasteiger charge is -2.14. The zero-order valence-corrected chi connectivity index (χ0v) is 16.3. The molecule has 0 unspecified atom stereocenters. The van der Waals surface area contributed by atoms with Crippen LogP contribution in [0.25, 0.3) is 17.4 Å². The molecule has 7 nitrogen and oxygen atoms in total. The van der Waals surface area contributed by atoms with Crippen molar-refractivity contribution in [2.75, 3.05) is 5.01 Å². The fourth-order valence-corrected chi connectivity index (χ4v) is 3.20. The van der Waals surface area contributed by atoms with E-state index in [9.17, 15) is 19.5 Å². The minimum Gasteiger partial charge on any atom is -0.478 e. The highest BCUT2D eigenvalue weighted by atomic mass is 79.9. The van der Waals surface area contributed by atoms with Crippen LogP contribution in [0, 0.1) is 0 Å². The van der Waals surface area contributed by atoms with Crippen LogP contribution in [-0.4, -0.2) is 22.9 Å². The molecule has 0 saturated carbocycles. The highest BCUT2D eigenvalue weighted by Gasteiger charge is 2.34. The van der Waals surface area contributed by atoms with E-state index in [-0.39, 0.29) is 16.9 Å². The summed E-state index contributed by atoms with van der Waals surface area (Å²) in [6.45, 7) is 0. The molecule has 0 radical (unpaired) electrons. The number of aromatic carboxylic acids is 1. The molecule has 1 aliphatic heterocycles. The van der Waals surface area contributed by atoms with Crippen molar-refractivity contribution in [2.45, 2.75) is 0 Å². The minimum absolute atomic E-state index is 0.0830. The largest absolute Gasteiger partial charge is 0.478 e. The summed E-state index contributed by atoms with van der Waals surface area (Å²) >= 11 is 3.32. The SMILES string of the molecule is O=C1NN(c2ccc(Br)cc2)C(=O)/C1=C/c1ccc(-c2ccccc2C(=O)O)o1. The van der Waals surface area contributed by atoms with E-state index in [2.05, 4.69) is 21.4 Å². The van der Waals surface area contributed by atoms with Gasteiger partial charge in [0.15, 0.2) is 0 Å². The Balaban J connectivity index is 1.64. The number of hydrogen-bond donors (Lipinski definition) is 2. The summed E-state index contributed by atoms with van der Waals surface area (Å²) in [5.41, 5.74) is 3.45. The molecule has 2 heterocycles. The van der Waals surface area contributed by atoms with Crippen LogP contribution in [0.15, 0.2) is 75.1 Å². The molecule has 2 amide bonds. The minimum atomic E-state index is -1.08. The van der Waals surface area contributed by atoms with Crippen molar-refractivity contribution in [3.63, 3.8) is 0 Å². The number of amides is 2. The smallest absolute Gasteiger partial charge is 0.336 e. The van der Waals surface area contributed by atoms with Crippen molar-refractivity contribution >= 4 is 45.5 Å². The van der Waals surface area contributed by atoms with E-state index in [1.807, 2.05) is 0 Å². The van der Waals surface area contributed by atoms with Gasteiger partial charge in [-0.1, -0.05) is 34.1 Å². The Kier molecular flexibility index (Phi) is 4.77. The topological polar surface area (TPSA) is 99.9 Å². The number of carboxylic acid groups (broad SMARTS) is 1. The highest BCUT2D eigenvalue weighted by molar-refractivity contribution is 9.10. The molecule has 2 aromatic carbocycles. The second-order valence-electron chi connectivity index (χ2n) is 6.17. The Morgan fingerprint density at radius 1 is 1.03 bits per heavy atom. The third-order valence-electron chi connectivity index (χ3n) is 4.31. The summed E-state index contributed by atoms with van der Waals surface area (Å²) in [6.07, 6.45) is 1.34. The average molecular weight is 453 g/mol. The van der Waals surface area contributed by atoms with Gasteiger partial charge in [0, 0.05) is 10.0 Å². The lowest BCUT2D eigenvalue weighted by molar-refractivity contribution is -0.117. The zero-order valence-electron chi connectivity index (χ0n) is 14.8. The summed E-state index contributed by atoms with van der Waals surface area (Å²) in [5, 5.41) is 10.5. The molecule has 0 atom stereocenters. The molecule has 1 fully saturated rings. The molecule has 0 spiro atoms. The number of anilines is 1. The van der Waals surface area contributed by atoms with Crippen LogP contribution in [0.5, 0.6) is 0 Å². The number of nitrogens with one attached hydrogen (secondary N) is 1. The molecule has 1 aliphatic rings. The van der Waals surface area contributed by atoms with E-state index in [1.54, 1.807) is 54.6 Å². The maximum Gasteiger partial charge on any atom is 0.336 e. The number of rotatable bonds is 4. The van der Waals surface area contributed by atoms with Gasteiger partial charge in [-0.2, -0.15) is 0 Å². The number of carboxylic acids is 1. The van der Waals surface area contributed by atoms with Gasteiger partial charge in [0.1, 0.15) is 17.1 Å². The summed E-state index contributed by atoms with van der Waals surface area (Å²) in [7, 11) is 0. The van der Waals surface area contributed by atoms with Crippen LogP contribution in [0.3, 0.4) is 0 Å². The zero-order chi connectivity index (χ0) is 20.5.